The zero-order valence-electron chi connectivity index (χ0n) is 17.6. The first-order valence-corrected chi connectivity index (χ1v) is 11.6. The van der Waals surface area contributed by atoms with E-state index in [1.165, 1.54) is 18.2 Å². The van der Waals surface area contributed by atoms with E-state index in [0.29, 0.717) is 6.42 Å². The Bertz CT molecular complexity index is 976. The van der Waals surface area contributed by atoms with Crippen molar-refractivity contribution in [2.45, 2.75) is 52.6 Å². The minimum Gasteiger partial charge on any atom is -0.347 e. The van der Waals surface area contributed by atoms with Gasteiger partial charge in [0.25, 0.3) is 0 Å². The number of anilines is 1. The molecule has 0 bridgehead atoms. The van der Waals surface area contributed by atoms with E-state index >= 15 is 0 Å². The van der Waals surface area contributed by atoms with Crippen molar-refractivity contribution in [3.05, 3.63) is 65.0 Å². The van der Waals surface area contributed by atoms with Crippen LogP contribution in [0.15, 0.2) is 42.5 Å². The molecule has 1 amide bonds. The van der Waals surface area contributed by atoms with E-state index in [4.69, 9.17) is 0 Å². The number of para-hydroxylation sites is 1. The molecule has 158 valence electrons. The van der Waals surface area contributed by atoms with Crippen LogP contribution in [0.4, 0.5) is 10.1 Å². The monoisotopic (exact) mass is 420 g/mol. The van der Waals surface area contributed by atoms with Gasteiger partial charge in [0, 0.05) is 0 Å². The second kappa shape index (κ2) is 9.39. The first-order chi connectivity index (χ1) is 13.6. The van der Waals surface area contributed by atoms with Crippen LogP contribution in [0.3, 0.4) is 0 Å². The fourth-order valence-corrected chi connectivity index (χ4v) is 4.76. The highest BCUT2D eigenvalue weighted by Crippen LogP contribution is 2.27. The summed E-state index contributed by atoms with van der Waals surface area (Å²) in [5, 5.41) is 2.97. The van der Waals surface area contributed by atoms with Crippen LogP contribution < -0.4 is 9.62 Å². The van der Waals surface area contributed by atoms with Crippen LogP contribution in [0, 0.1) is 19.7 Å². The van der Waals surface area contributed by atoms with Crippen LogP contribution in [0.2, 0.25) is 0 Å². The molecule has 0 saturated heterocycles. The van der Waals surface area contributed by atoms with Gasteiger partial charge >= 0.3 is 0 Å². The number of nitrogens with one attached hydrogen (secondary N) is 1. The van der Waals surface area contributed by atoms with Crippen molar-refractivity contribution in [1.29, 1.82) is 0 Å². The van der Waals surface area contributed by atoms with Crippen molar-refractivity contribution >= 4 is 21.6 Å². The summed E-state index contributed by atoms with van der Waals surface area (Å²) in [6, 6.07) is 10.3. The van der Waals surface area contributed by atoms with E-state index in [1.54, 1.807) is 13.0 Å². The Morgan fingerprint density at radius 2 is 1.76 bits per heavy atom. The van der Waals surface area contributed by atoms with Crippen molar-refractivity contribution in [2.24, 2.45) is 0 Å². The van der Waals surface area contributed by atoms with Gasteiger partial charge in [0.1, 0.15) is 11.9 Å². The van der Waals surface area contributed by atoms with Gasteiger partial charge in [0.05, 0.1) is 18.0 Å². The number of hydrogen-bond donors (Lipinski definition) is 1. The quantitative estimate of drug-likeness (QED) is 0.694. The van der Waals surface area contributed by atoms with Crippen molar-refractivity contribution in [1.82, 2.24) is 5.32 Å². The highest BCUT2D eigenvalue weighted by molar-refractivity contribution is 7.92. The number of amides is 1. The highest BCUT2D eigenvalue weighted by Gasteiger charge is 2.34. The lowest BCUT2D eigenvalue weighted by Gasteiger charge is -2.32. The van der Waals surface area contributed by atoms with E-state index in [-0.39, 0.29) is 18.2 Å². The van der Waals surface area contributed by atoms with Crippen molar-refractivity contribution < 1.29 is 17.6 Å². The van der Waals surface area contributed by atoms with Gasteiger partial charge in [-0.1, -0.05) is 49.7 Å². The van der Waals surface area contributed by atoms with E-state index in [2.05, 4.69) is 5.32 Å². The van der Waals surface area contributed by atoms with Gasteiger partial charge in [-0.3, -0.25) is 9.10 Å². The van der Waals surface area contributed by atoms with Crippen LogP contribution in [0.25, 0.3) is 0 Å². The fourth-order valence-electron chi connectivity index (χ4n) is 3.55. The highest BCUT2D eigenvalue weighted by atomic mass is 32.2. The Balaban J connectivity index is 2.39. The smallest absolute Gasteiger partial charge is 0.244 e. The second-order valence-electron chi connectivity index (χ2n) is 7.26. The summed E-state index contributed by atoms with van der Waals surface area (Å²) in [4.78, 5) is 13.1. The first kappa shape index (κ1) is 22.9. The predicted molar refractivity (Wildman–Crippen MR) is 115 cm³/mol. The van der Waals surface area contributed by atoms with E-state index in [1.807, 2.05) is 39.0 Å². The lowest BCUT2D eigenvalue weighted by molar-refractivity contribution is -0.123. The number of carbonyl (C=O) groups is 1. The molecule has 0 heterocycles. The van der Waals surface area contributed by atoms with Gasteiger partial charge < -0.3 is 5.32 Å². The number of halogens is 1. The van der Waals surface area contributed by atoms with Gasteiger partial charge in [-0.25, -0.2) is 12.8 Å². The molecule has 0 aliphatic rings. The van der Waals surface area contributed by atoms with Crippen molar-refractivity contribution in [3.8, 4) is 0 Å². The molecule has 2 aromatic rings. The number of rotatable bonds is 8. The second-order valence-corrected chi connectivity index (χ2v) is 9.12. The predicted octanol–water partition coefficient (Wildman–Crippen LogP) is 4.25. The van der Waals surface area contributed by atoms with Crippen LogP contribution in [-0.2, 0) is 14.8 Å². The molecule has 0 saturated carbocycles. The van der Waals surface area contributed by atoms with Crippen molar-refractivity contribution in [3.63, 3.8) is 0 Å². The summed E-state index contributed by atoms with van der Waals surface area (Å²) < 4.78 is 40.2. The molecule has 2 atom stereocenters. The minimum absolute atomic E-state index is 0.128. The van der Waals surface area contributed by atoms with Crippen LogP contribution in [0.1, 0.15) is 49.4 Å². The standard InChI is InChI=1S/C22H29FN2O3S/c1-6-19(17-13-12-15(3)14-16(17)4)24-22(26)20(7-2)25(29(5,27)28)21-11-9-8-10-18(21)23/h8-14,19-20H,6-7H2,1-5H3,(H,24,26)/t19-,20-/m1/s1. The molecule has 0 fully saturated rings. The molecular formula is C22H29FN2O3S. The number of aryl methyl sites for hydroxylation is 2. The Kier molecular flexibility index (Phi) is 7.41. The molecule has 0 spiro atoms. The lowest BCUT2D eigenvalue weighted by atomic mass is 9.97. The number of benzene rings is 2. The van der Waals surface area contributed by atoms with Crippen LogP contribution in [0.5, 0.6) is 0 Å². The van der Waals surface area contributed by atoms with Crippen molar-refractivity contribution in [2.75, 3.05) is 10.6 Å². The molecule has 0 radical (unpaired) electrons. The molecule has 0 aromatic heterocycles. The van der Waals surface area contributed by atoms with Crippen LogP contribution >= 0.6 is 0 Å². The number of sulfonamides is 1. The molecule has 2 aromatic carbocycles. The third-order valence-electron chi connectivity index (χ3n) is 4.95. The average Bonchev–Trinajstić information content (AvgIpc) is 2.64. The summed E-state index contributed by atoms with van der Waals surface area (Å²) in [5.41, 5.74) is 3.04. The van der Waals surface area contributed by atoms with Gasteiger partial charge in [-0.05, 0) is 49.9 Å². The molecule has 0 unspecified atom stereocenters. The van der Waals surface area contributed by atoms with E-state index in [0.717, 1.165) is 27.3 Å². The first-order valence-electron chi connectivity index (χ1n) is 9.71. The summed E-state index contributed by atoms with van der Waals surface area (Å²) in [7, 11) is -3.89. The maximum Gasteiger partial charge on any atom is 0.244 e. The largest absolute Gasteiger partial charge is 0.347 e. The molecule has 0 aliphatic carbocycles. The third kappa shape index (κ3) is 5.35. The third-order valence-corrected chi connectivity index (χ3v) is 6.11. The molecule has 1 N–H and O–H groups in total. The molecule has 29 heavy (non-hydrogen) atoms. The number of hydrogen-bond acceptors (Lipinski definition) is 3. The topological polar surface area (TPSA) is 66.5 Å². The SMILES string of the molecule is CC[C@H](C(=O)N[C@H](CC)c1ccc(C)cc1C)N(c1ccccc1F)S(C)(=O)=O. The Hall–Kier alpha value is -2.41. The van der Waals surface area contributed by atoms with E-state index < -0.39 is 27.8 Å². The summed E-state index contributed by atoms with van der Waals surface area (Å²) in [6.07, 6.45) is 1.83. The maximum absolute atomic E-state index is 14.4. The number of carbonyl (C=O) groups excluding carboxylic acids is 1. The van der Waals surface area contributed by atoms with E-state index in [9.17, 15) is 17.6 Å². The molecule has 7 heteroatoms. The normalized spacial score (nSPS) is 13.6. The maximum atomic E-state index is 14.4. The Labute approximate surface area is 173 Å². The molecule has 5 nitrogen and oxygen atoms in total. The molecule has 2 rings (SSSR count). The Morgan fingerprint density at radius 3 is 2.28 bits per heavy atom. The summed E-state index contributed by atoms with van der Waals surface area (Å²) >= 11 is 0. The van der Waals surface area contributed by atoms with Gasteiger partial charge in [-0.15, -0.1) is 0 Å². The van der Waals surface area contributed by atoms with Gasteiger partial charge in [-0.2, -0.15) is 0 Å². The van der Waals surface area contributed by atoms with Crippen LogP contribution in [-0.4, -0.2) is 26.6 Å². The summed E-state index contributed by atoms with van der Waals surface area (Å²) in [5.74, 6) is -1.14. The van der Waals surface area contributed by atoms with Gasteiger partial charge in [0.15, 0.2) is 0 Å². The zero-order valence-corrected chi connectivity index (χ0v) is 18.4. The lowest BCUT2D eigenvalue weighted by Crippen LogP contribution is -2.50. The zero-order chi connectivity index (χ0) is 21.8. The molecule has 0 aliphatic heterocycles. The summed E-state index contributed by atoms with van der Waals surface area (Å²) in [6.45, 7) is 7.65. The average molecular weight is 421 g/mol. The minimum atomic E-state index is -3.89. The van der Waals surface area contributed by atoms with Gasteiger partial charge in [0.2, 0.25) is 15.9 Å². The molecular weight excluding hydrogens is 391 g/mol. The fraction of sp³-hybridized carbons (Fsp3) is 0.409. The Morgan fingerprint density at radius 1 is 1.10 bits per heavy atom. The number of nitrogens with zero attached hydrogens (tertiary/aromatic N) is 1.